The molecule has 0 saturated carbocycles. The van der Waals surface area contributed by atoms with Gasteiger partial charge in [0, 0.05) is 27.3 Å². The van der Waals surface area contributed by atoms with E-state index in [0.29, 0.717) is 32.1 Å². The number of aliphatic hydroxyl groups is 1. The number of nitrogens with one attached hydrogen (secondary N) is 1. The number of carboxylic acids is 1. The first-order valence-electron chi connectivity index (χ1n) is 8.95. The van der Waals surface area contributed by atoms with Gasteiger partial charge in [0.2, 0.25) is 6.20 Å². The first-order valence-corrected chi connectivity index (χ1v) is 9.32. The van der Waals surface area contributed by atoms with Gasteiger partial charge in [0.05, 0.1) is 11.3 Å². The van der Waals surface area contributed by atoms with E-state index >= 15 is 0 Å². The normalized spacial score (nSPS) is 18.2. The number of carbonyl (C=O) groups excluding carboxylic acids is 1. The van der Waals surface area contributed by atoms with Gasteiger partial charge in [-0.1, -0.05) is 11.6 Å². The first kappa shape index (κ1) is 20.9. The zero-order valence-electron chi connectivity index (χ0n) is 16.2. The van der Waals surface area contributed by atoms with Gasteiger partial charge in [0.15, 0.2) is 0 Å². The van der Waals surface area contributed by atoms with Crippen LogP contribution in [0.1, 0.15) is 38.4 Å². The van der Waals surface area contributed by atoms with Gasteiger partial charge in [-0.15, -0.1) is 0 Å². The molecule has 1 heterocycles. The molecule has 3 rings (SSSR count). The van der Waals surface area contributed by atoms with E-state index in [9.17, 15) is 25.0 Å². The monoisotopic (exact) mass is 421 g/mol. The highest BCUT2D eigenvalue weighted by molar-refractivity contribution is 6.31. The molecular formula is C20H22ClN2O6+. The van der Waals surface area contributed by atoms with E-state index in [1.165, 1.54) is 6.20 Å². The number of aryl methyl sites for hydroxylation is 1. The van der Waals surface area contributed by atoms with Crippen LogP contribution in [0.5, 0.6) is 0 Å². The number of halogens is 1. The van der Waals surface area contributed by atoms with Gasteiger partial charge in [-0.25, -0.2) is 9.59 Å². The Morgan fingerprint density at radius 1 is 1.28 bits per heavy atom. The maximum Gasteiger partial charge on any atom is 0.412 e. The van der Waals surface area contributed by atoms with Crippen LogP contribution in [0.15, 0.2) is 30.5 Å². The van der Waals surface area contributed by atoms with Crippen LogP contribution in [-0.4, -0.2) is 33.1 Å². The maximum atomic E-state index is 12.2. The highest BCUT2D eigenvalue weighted by Gasteiger charge is 2.52. The van der Waals surface area contributed by atoms with Crippen molar-refractivity contribution in [2.45, 2.75) is 44.8 Å². The molecule has 1 atom stereocenters. The SMILES string of the molecule is CC(C)(C)OC(=O)Nc1ccc(Cl)cc1-c1cc2c([n+](O)c1)C(O)(C(=O)O)CC2. The second-order valence-corrected chi connectivity index (χ2v) is 8.37. The minimum Gasteiger partial charge on any atom is -0.479 e. The zero-order chi connectivity index (χ0) is 21.6. The van der Waals surface area contributed by atoms with Crippen molar-refractivity contribution in [2.24, 2.45) is 0 Å². The largest absolute Gasteiger partial charge is 0.479 e. The molecule has 0 aliphatic heterocycles. The molecule has 1 aromatic carbocycles. The number of benzene rings is 1. The molecule has 0 spiro atoms. The third-order valence-corrected chi connectivity index (χ3v) is 4.79. The third-order valence-electron chi connectivity index (χ3n) is 4.55. The van der Waals surface area contributed by atoms with E-state index in [2.05, 4.69) is 5.32 Å². The van der Waals surface area contributed by atoms with Gasteiger partial charge >= 0.3 is 12.1 Å². The lowest BCUT2D eigenvalue weighted by Crippen LogP contribution is -2.46. The number of nitrogens with zero attached hydrogens (tertiary/aromatic N) is 1. The molecule has 1 aliphatic rings. The fraction of sp³-hybridized carbons (Fsp3) is 0.350. The van der Waals surface area contributed by atoms with Crippen LogP contribution in [0.25, 0.3) is 11.1 Å². The summed E-state index contributed by atoms with van der Waals surface area (Å²) in [6, 6.07) is 6.47. The molecule has 0 saturated heterocycles. The van der Waals surface area contributed by atoms with Gasteiger partial charge < -0.3 is 14.9 Å². The van der Waals surface area contributed by atoms with Crippen LogP contribution in [0, 0.1) is 0 Å². The first-order chi connectivity index (χ1) is 13.4. The summed E-state index contributed by atoms with van der Waals surface area (Å²) in [4.78, 5) is 23.7. The molecule has 4 N–H and O–H groups in total. The molecule has 0 bridgehead atoms. The van der Waals surface area contributed by atoms with Crippen molar-refractivity contribution < 1.29 is 34.5 Å². The molecule has 8 nitrogen and oxygen atoms in total. The van der Waals surface area contributed by atoms with Gasteiger partial charge in [-0.05, 0) is 51.5 Å². The van der Waals surface area contributed by atoms with Crippen LogP contribution in [-0.2, 0) is 21.6 Å². The second kappa shape index (κ2) is 7.20. The highest BCUT2D eigenvalue weighted by Crippen LogP contribution is 2.38. The summed E-state index contributed by atoms with van der Waals surface area (Å²) in [6.07, 6.45) is 0.825. The van der Waals surface area contributed by atoms with Gasteiger partial charge in [-0.3, -0.25) is 10.5 Å². The molecule has 0 radical (unpaired) electrons. The Balaban J connectivity index is 2.04. The summed E-state index contributed by atoms with van der Waals surface area (Å²) < 4.78 is 5.89. The van der Waals surface area contributed by atoms with Crippen molar-refractivity contribution in [3.05, 3.63) is 46.7 Å². The summed E-state index contributed by atoms with van der Waals surface area (Å²) >= 11 is 6.12. The Morgan fingerprint density at radius 3 is 2.59 bits per heavy atom. The lowest BCUT2D eigenvalue weighted by Gasteiger charge is -2.20. The summed E-state index contributed by atoms with van der Waals surface area (Å²) in [6.45, 7) is 5.23. The zero-order valence-corrected chi connectivity index (χ0v) is 16.9. The van der Waals surface area contributed by atoms with Crippen LogP contribution < -0.4 is 10.0 Å². The fourth-order valence-corrected chi connectivity index (χ4v) is 3.52. The number of aromatic nitrogens is 1. The molecule has 0 fully saturated rings. The van der Waals surface area contributed by atoms with Crippen LogP contribution in [0.4, 0.5) is 10.5 Å². The second-order valence-electron chi connectivity index (χ2n) is 7.93. The minimum atomic E-state index is -2.16. The topological polar surface area (TPSA) is 120 Å². The molecule has 9 heteroatoms. The predicted molar refractivity (Wildman–Crippen MR) is 104 cm³/mol. The van der Waals surface area contributed by atoms with E-state index in [1.807, 2.05) is 0 Å². The van der Waals surface area contributed by atoms with E-state index in [-0.39, 0.29) is 18.5 Å². The fourth-order valence-electron chi connectivity index (χ4n) is 3.35. The van der Waals surface area contributed by atoms with Crippen molar-refractivity contribution in [1.82, 2.24) is 0 Å². The summed E-state index contributed by atoms with van der Waals surface area (Å²) in [7, 11) is 0. The molecule has 154 valence electrons. The number of hydrogen-bond acceptors (Lipinski definition) is 5. The molecule has 1 aliphatic carbocycles. The minimum absolute atomic E-state index is 0.0553. The molecule has 2 aromatic rings. The van der Waals surface area contributed by atoms with Crippen molar-refractivity contribution in [3.63, 3.8) is 0 Å². The third kappa shape index (κ3) is 4.13. The molecule has 29 heavy (non-hydrogen) atoms. The molecular weight excluding hydrogens is 400 g/mol. The van der Waals surface area contributed by atoms with E-state index in [0.717, 1.165) is 0 Å². The van der Waals surface area contributed by atoms with Gasteiger partial charge in [0.25, 0.3) is 11.3 Å². The Kier molecular flexibility index (Phi) is 5.19. The number of pyridine rings is 1. The number of amides is 1. The van der Waals surface area contributed by atoms with E-state index in [4.69, 9.17) is 16.3 Å². The van der Waals surface area contributed by atoms with Crippen molar-refractivity contribution in [2.75, 3.05) is 5.32 Å². The number of hydrogen-bond donors (Lipinski definition) is 4. The molecule has 1 unspecified atom stereocenters. The smallest absolute Gasteiger partial charge is 0.412 e. The number of carboxylic acid groups (broad SMARTS) is 1. The van der Waals surface area contributed by atoms with E-state index < -0.39 is 23.3 Å². The lowest BCUT2D eigenvalue weighted by atomic mass is 9.99. The van der Waals surface area contributed by atoms with Crippen molar-refractivity contribution in [3.8, 4) is 11.1 Å². The van der Waals surface area contributed by atoms with Crippen LogP contribution in [0.3, 0.4) is 0 Å². The Hall–Kier alpha value is -2.84. The average molecular weight is 422 g/mol. The molecule has 1 aromatic heterocycles. The number of fused-ring (bicyclic) bond motifs is 1. The number of aliphatic carboxylic acids is 1. The average Bonchev–Trinajstić information content (AvgIpc) is 2.94. The maximum absolute atomic E-state index is 12.2. The van der Waals surface area contributed by atoms with Crippen LogP contribution >= 0.6 is 11.6 Å². The quantitative estimate of drug-likeness (QED) is 0.446. The Labute approximate surface area is 172 Å². The van der Waals surface area contributed by atoms with Crippen molar-refractivity contribution in [1.29, 1.82) is 0 Å². The highest BCUT2D eigenvalue weighted by atomic mass is 35.5. The van der Waals surface area contributed by atoms with Gasteiger partial charge in [0.1, 0.15) is 5.60 Å². The lowest BCUT2D eigenvalue weighted by molar-refractivity contribution is -0.912. The standard InChI is InChI=1S/C20H21ClN2O6/c1-19(2,3)29-18(26)22-15-5-4-13(21)9-14(15)12-8-11-6-7-20(27,17(24)25)16(11)23(28)10-12/h4-5,8-10,27H,6-7H2,1-3H3,(H2-,22,24,25,26,28)/p+1. The summed E-state index contributed by atoms with van der Waals surface area (Å²) in [5, 5.41) is 33.2. The predicted octanol–water partition coefficient (Wildman–Crippen LogP) is 3.10. The number of rotatable bonds is 3. The number of carbonyl (C=O) groups is 2. The van der Waals surface area contributed by atoms with Gasteiger partial charge in [-0.2, -0.15) is 0 Å². The summed E-state index contributed by atoms with van der Waals surface area (Å²) in [5.41, 5.74) is -1.06. The number of anilines is 1. The van der Waals surface area contributed by atoms with E-state index in [1.54, 1.807) is 45.0 Å². The van der Waals surface area contributed by atoms with Crippen molar-refractivity contribution >= 4 is 29.4 Å². The summed E-state index contributed by atoms with van der Waals surface area (Å²) in [5.74, 6) is -1.43. The Bertz CT molecular complexity index is 1000. The molecule has 1 amide bonds. The number of ether oxygens (including phenoxy) is 1. The van der Waals surface area contributed by atoms with Crippen LogP contribution in [0.2, 0.25) is 5.02 Å². The Morgan fingerprint density at radius 2 is 1.97 bits per heavy atom.